The van der Waals surface area contributed by atoms with Gasteiger partial charge in [-0.15, -0.1) is 0 Å². The predicted octanol–water partition coefficient (Wildman–Crippen LogP) is 5.33. The fourth-order valence-corrected chi connectivity index (χ4v) is 2.82. The SMILES string of the molecule is CCCOc1ccccc1/C=C/C(=O)Oc1ccc(C(=O)OCCOc2ccccc2)cc1. The molecule has 0 saturated carbocycles. The van der Waals surface area contributed by atoms with Crippen molar-refractivity contribution in [3.63, 3.8) is 0 Å². The third-order valence-corrected chi connectivity index (χ3v) is 4.42. The second-order valence-corrected chi connectivity index (χ2v) is 6.96. The number of ether oxygens (including phenoxy) is 4. The van der Waals surface area contributed by atoms with Crippen molar-refractivity contribution in [3.05, 3.63) is 96.1 Å². The monoisotopic (exact) mass is 446 g/mol. The number of hydrogen-bond donors (Lipinski definition) is 0. The van der Waals surface area contributed by atoms with Crippen molar-refractivity contribution in [2.45, 2.75) is 13.3 Å². The van der Waals surface area contributed by atoms with Gasteiger partial charge in [-0.1, -0.05) is 43.3 Å². The van der Waals surface area contributed by atoms with Crippen molar-refractivity contribution in [3.8, 4) is 17.2 Å². The van der Waals surface area contributed by atoms with E-state index in [1.807, 2.05) is 61.5 Å². The van der Waals surface area contributed by atoms with Crippen molar-refractivity contribution in [2.75, 3.05) is 19.8 Å². The summed E-state index contributed by atoms with van der Waals surface area (Å²) in [6, 6.07) is 22.9. The summed E-state index contributed by atoms with van der Waals surface area (Å²) < 4.78 is 21.7. The van der Waals surface area contributed by atoms with Crippen LogP contribution in [0.4, 0.5) is 0 Å². The van der Waals surface area contributed by atoms with Crippen LogP contribution in [0.2, 0.25) is 0 Å². The van der Waals surface area contributed by atoms with E-state index in [9.17, 15) is 9.59 Å². The molecule has 0 unspecified atom stereocenters. The van der Waals surface area contributed by atoms with Crippen LogP contribution in [-0.4, -0.2) is 31.8 Å². The fourth-order valence-electron chi connectivity index (χ4n) is 2.82. The van der Waals surface area contributed by atoms with Crippen LogP contribution in [0.3, 0.4) is 0 Å². The van der Waals surface area contributed by atoms with Crippen LogP contribution < -0.4 is 14.2 Å². The number of carbonyl (C=O) groups excluding carboxylic acids is 2. The lowest BCUT2D eigenvalue weighted by atomic mass is 10.2. The molecule has 3 aromatic rings. The van der Waals surface area contributed by atoms with Crippen molar-refractivity contribution >= 4 is 18.0 Å². The molecular formula is C27H26O6. The molecule has 3 rings (SSSR count). The number of hydrogen-bond acceptors (Lipinski definition) is 6. The van der Waals surface area contributed by atoms with Gasteiger partial charge < -0.3 is 18.9 Å². The Bertz CT molecular complexity index is 1060. The van der Waals surface area contributed by atoms with Crippen LogP contribution in [0.15, 0.2) is 84.9 Å². The molecule has 0 aliphatic heterocycles. The zero-order valence-corrected chi connectivity index (χ0v) is 18.4. The zero-order valence-electron chi connectivity index (χ0n) is 18.4. The van der Waals surface area contributed by atoms with Gasteiger partial charge in [-0.2, -0.15) is 0 Å². The minimum absolute atomic E-state index is 0.124. The van der Waals surface area contributed by atoms with E-state index in [-0.39, 0.29) is 13.2 Å². The average molecular weight is 446 g/mol. The molecule has 0 spiro atoms. The third-order valence-electron chi connectivity index (χ3n) is 4.42. The first kappa shape index (κ1) is 23.6. The van der Waals surface area contributed by atoms with Crippen molar-refractivity contribution < 1.29 is 28.5 Å². The summed E-state index contributed by atoms with van der Waals surface area (Å²) in [5, 5.41) is 0. The highest BCUT2D eigenvalue weighted by atomic mass is 16.6. The van der Waals surface area contributed by atoms with Gasteiger partial charge in [0.05, 0.1) is 12.2 Å². The van der Waals surface area contributed by atoms with Crippen molar-refractivity contribution in [1.29, 1.82) is 0 Å². The Balaban J connectivity index is 1.46. The Morgan fingerprint density at radius 2 is 1.48 bits per heavy atom. The van der Waals surface area contributed by atoms with E-state index in [0.717, 1.165) is 12.0 Å². The number of benzene rings is 3. The molecule has 0 atom stereocenters. The van der Waals surface area contributed by atoms with Crippen molar-refractivity contribution in [2.24, 2.45) is 0 Å². The van der Waals surface area contributed by atoms with E-state index in [0.29, 0.717) is 29.4 Å². The number of rotatable bonds is 11. The minimum atomic E-state index is -0.534. The average Bonchev–Trinajstić information content (AvgIpc) is 2.85. The van der Waals surface area contributed by atoms with Gasteiger partial charge in [-0.3, -0.25) is 0 Å². The summed E-state index contributed by atoms with van der Waals surface area (Å²) in [5.74, 6) is 0.733. The Morgan fingerprint density at radius 3 is 2.24 bits per heavy atom. The van der Waals surface area contributed by atoms with Gasteiger partial charge >= 0.3 is 11.9 Å². The molecule has 0 saturated heterocycles. The fraction of sp³-hybridized carbons (Fsp3) is 0.185. The first-order chi connectivity index (χ1) is 16.2. The lowest BCUT2D eigenvalue weighted by molar-refractivity contribution is -0.128. The Hall–Kier alpha value is -4.06. The molecule has 0 bridgehead atoms. The number of esters is 2. The van der Waals surface area contributed by atoms with Crippen LogP contribution in [0.5, 0.6) is 17.2 Å². The molecule has 0 N–H and O–H groups in total. The van der Waals surface area contributed by atoms with Crippen LogP contribution in [0.25, 0.3) is 6.08 Å². The molecular weight excluding hydrogens is 420 g/mol. The summed E-state index contributed by atoms with van der Waals surface area (Å²) in [5.41, 5.74) is 1.14. The van der Waals surface area contributed by atoms with Crippen molar-refractivity contribution in [1.82, 2.24) is 0 Å². The lowest BCUT2D eigenvalue weighted by Gasteiger charge is -2.08. The predicted molar refractivity (Wildman–Crippen MR) is 126 cm³/mol. The summed E-state index contributed by atoms with van der Waals surface area (Å²) in [7, 11) is 0. The molecule has 170 valence electrons. The molecule has 0 aliphatic rings. The van der Waals surface area contributed by atoms with E-state index >= 15 is 0 Å². The molecule has 0 aliphatic carbocycles. The first-order valence-electron chi connectivity index (χ1n) is 10.7. The molecule has 0 radical (unpaired) electrons. The van der Waals surface area contributed by atoms with Crippen LogP contribution >= 0.6 is 0 Å². The highest BCUT2D eigenvalue weighted by molar-refractivity contribution is 5.91. The third kappa shape index (κ3) is 7.85. The van der Waals surface area contributed by atoms with E-state index in [1.165, 1.54) is 6.08 Å². The standard InChI is InChI=1S/C27H26O6/c1-2-18-31-25-11-7-6-8-21(25)14-17-26(28)33-24-15-12-22(13-16-24)27(29)32-20-19-30-23-9-4-3-5-10-23/h3-17H,2,18-20H2,1H3/b17-14+. The maximum Gasteiger partial charge on any atom is 0.338 e. The second kappa shape index (κ2) is 12.7. The highest BCUT2D eigenvalue weighted by Crippen LogP contribution is 2.20. The Kier molecular flexibility index (Phi) is 9.09. The molecule has 6 nitrogen and oxygen atoms in total. The largest absolute Gasteiger partial charge is 0.493 e. The highest BCUT2D eigenvalue weighted by Gasteiger charge is 2.09. The summed E-state index contributed by atoms with van der Waals surface area (Å²) in [4.78, 5) is 24.3. The van der Waals surface area contributed by atoms with E-state index in [2.05, 4.69) is 0 Å². The second-order valence-electron chi connectivity index (χ2n) is 6.96. The van der Waals surface area contributed by atoms with E-state index in [1.54, 1.807) is 30.3 Å². The van der Waals surface area contributed by atoms with Crippen LogP contribution in [0.1, 0.15) is 29.3 Å². The quantitative estimate of drug-likeness (QED) is 0.172. The maximum atomic E-state index is 12.2. The van der Waals surface area contributed by atoms with Gasteiger partial charge in [0.25, 0.3) is 0 Å². The lowest BCUT2D eigenvalue weighted by Crippen LogP contribution is -2.12. The molecule has 3 aromatic carbocycles. The number of carbonyl (C=O) groups is 2. The van der Waals surface area contributed by atoms with Gasteiger partial charge in [-0.05, 0) is 55.0 Å². The summed E-state index contributed by atoms with van der Waals surface area (Å²) in [6.07, 6.45) is 3.88. The van der Waals surface area contributed by atoms with Gasteiger partial charge in [0, 0.05) is 11.6 Å². The Labute approximate surface area is 193 Å². The normalized spacial score (nSPS) is 10.6. The smallest absolute Gasteiger partial charge is 0.338 e. The van der Waals surface area contributed by atoms with Gasteiger partial charge in [0.2, 0.25) is 0 Å². The summed E-state index contributed by atoms with van der Waals surface area (Å²) >= 11 is 0. The number of para-hydroxylation sites is 2. The topological polar surface area (TPSA) is 71.1 Å². The molecule has 0 aromatic heterocycles. The van der Waals surface area contributed by atoms with E-state index in [4.69, 9.17) is 18.9 Å². The minimum Gasteiger partial charge on any atom is -0.493 e. The maximum absolute atomic E-state index is 12.2. The van der Waals surface area contributed by atoms with E-state index < -0.39 is 11.9 Å². The van der Waals surface area contributed by atoms with Crippen LogP contribution in [0, 0.1) is 0 Å². The van der Waals surface area contributed by atoms with Gasteiger partial charge in [0.1, 0.15) is 30.5 Å². The first-order valence-corrected chi connectivity index (χ1v) is 10.7. The van der Waals surface area contributed by atoms with Gasteiger partial charge in [0.15, 0.2) is 0 Å². The van der Waals surface area contributed by atoms with Gasteiger partial charge in [-0.25, -0.2) is 9.59 Å². The molecule has 0 fully saturated rings. The van der Waals surface area contributed by atoms with Crippen LogP contribution in [-0.2, 0) is 9.53 Å². The molecule has 0 amide bonds. The zero-order chi connectivity index (χ0) is 23.3. The summed E-state index contributed by atoms with van der Waals surface area (Å²) in [6.45, 7) is 3.01. The molecule has 33 heavy (non-hydrogen) atoms. The molecule has 6 heteroatoms. The molecule has 0 heterocycles. The Morgan fingerprint density at radius 1 is 0.758 bits per heavy atom.